The second-order valence-electron chi connectivity index (χ2n) is 3.15. The molecule has 0 aromatic carbocycles. The van der Waals surface area contributed by atoms with Gasteiger partial charge in [0.05, 0.1) is 0 Å². The molecule has 0 fully saturated rings. The minimum atomic E-state index is -1.52. The van der Waals surface area contributed by atoms with Gasteiger partial charge < -0.3 is 0 Å². The van der Waals surface area contributed by atoms with Crippen LogP contribution in [0.25, 0.3) is 0 Å². The Morgan fingerprint density at radius 3 is 1.16 bits per heavy atom. The monoisotopic (exact) mass is 390 g/mol. The van der Waals surface area contributed by atoms with E-state index in [1.807, 2.05) is 0 Å². The van der Waals surface area contributed by atoms with Crippen molar-refractivity contribution >= 4 is 59.2 Å². The number of rotatable bonds is 12. The van der Waals surface area contributed by atoms with Crippen LogP contribution in [0.1, 0.15) is 19.3 Å². The van der Waals surface area contributed by atoms with Gasteiger partial charge in [-0.25, -0.2) is 0 Å². The van der Waals surface area contributed by atoms with Crippen molar-refractivity contribution in [3.05, 3.63) is 0 Å². The molecule has 0 radical (unpaired) electrons. The minimum absolute atomic E-state index is 0.0783. The van der Waals surface area contributed by atoms with Crippen molar-refractivity contribution in [1.82, 2.24) is 0 Å². The molecule has 19 heavy (non-hydrogen) atoms. The van der Waals surface area contributed by atoms with Crippen LogP contribution in [0.5, 0.6) is 0 Å². The fourth-order valence-electron chi connectivity index (χ4n) is 0.734. The fourth-order valence-corrected chi connectivity index (χ4v) is 18.6. The van der Waals surface area contributed by atoms with Gasteiger partial charge in [0.25, 0.3) is 0 Å². The number of aliphatic carboxylic acids is 3. The summed E-state index contributed by atoms with van der Waals surface area (Å²) in [5, 5.41) is 25.7. The summed E-state index contributed by atoms with van der Waals surface area (Å²) in [4.78, 5) is 31.3. The van der Waals surface area contributed by atoms with Gasteiger partial charge in [-0.05, 0) is 0 Å². The molecule has 0 unspecified atom stereocenters. The van der Waals surface area contributed by atoms with Crippen LogP contribution < -0.4 is 0 Å². The molecule has 0 aliphatic heterocycles. The molecule has 0 aromatic rings. The third kappa shape index (κ3) is 14.2. The van der Waals surface area contributed by atoms with Gasteiger partial charge >= 0.3 is 125 Å². The van der Waals surface area contributed by atoms with Crippen LogP contribution in [0.2, 0.25) is 0 Å². The Hall–Kier alpha value is 0.0184. The third-order valence-electron chi connectivity index (χ3n) is 1.54. The quantitative estimate of drug-likeness (QED) is 0.428. The predicted octanol–water partition coefficient (Wildman–Crippen LogP) is 1.60. The second kappa shape index (κ2) is 11.8. The van der Waals surface area contributed by atoms with Crippen LogP contribution in [-0.2, 0) is 14.4 Å². The fraction of sp³-hybridized carbons (Fsp3) is 0.667. The maximum absolute atomic E-state index is 10.4. The molecule has 0 spiro atoms. The van der Waals surface area contributed by atoms with E-state index < -0.39 is 29.1 Å². The molecular weight excluding hydrogens is 375 g/mol. The summed E-state index contributed by atoms with van der Waals surface area (Å²) in [6, 6.07) is 0. The molecule has 0 heterocycles. The number of carboxylic acid groups (broad SMARTS) is 3. The first-order valence-corrected chi connectivity index (χ1v) is 15.0. The van der Waals surface area contributed by atoms with Crippen molar-refractivity contribution < 1.29 is 29.7 Å². The van der Waals surface area contributed by atoms with E-state index in [1.165, 1.54) is 0 Å². The Bertz CT molecular complexity index is 267. The first kappa shape index (κ1) is 19.0. The summed E-state index contributed by atoms with van der Waals surface area (Å²) in [6.45, 7) is 0. The molecule has 3 N–H and O–H groups in total. The number of hydrogen-bond donors (Lipinski definition) is 3. The van der Waals surface area contributed by atoms with Gasteiger partial charge in [0.2, 0.25) is 0 Å². The van der Waals surface area contributed by atoms with E-state index in [0.29, 0.717) is 17.3 Å². The summed E-state index contributed by atoms with van der Waals surface area (Å²) in [5.41, 5.74) is 0. The summed E-state index contributed by atoms with van der Waals surface area (Å²) in [5.74, 6) is -1.08. The zero-order valence-electron chi connectivity index (χ0n) is 9.98. The van der Waals surface area contributed by atoms with Crippen LogP contribution >= 0.6 is 30.1 Å². The van der Waals surface area contributed by atoms with E-state index in [0.717, 1.165) is 0 Å². The molecule has 0 aliphatic carbocycles. The Morgan fingerprint density at radius 1 is 0.684 bits per heavy atom. The second-order valence-corrected chi connectivity index (χ2v) is 20.3. The molecule has 110 valence electrons. The SMILES string of the molecule is O=C(O)CCS[As](SCCC(=O)O)SCCC(=O)O. The van der Waals surface area contributed by atoms with Crippen LogP contribution in [0.15, 0.2) is 0 Å². The number of carbonyl (C=O) groups is 3. The van der Waals surface area contributed by atoms with Gasteiger partial charge in [-0.15, -0.1) is 0 Å². The zero-order valence-corrected chi connectivity index (χ0v) is 14.3. The van der Waals surface area contributed by atoms with Crippen LogP contribution in [0.3, 0.4) is 0 Å². The first-order chi connectivity index (χ1) is 8.91. The van der Waals surface area contributed by atoms with Crippen LogP contribution in [-0.4, -0.2) is 61.7 Å². The van der Waals surface area contributed by atoms with Crippen molar-refractivity contribution in [2.24, 2.45) is 0 Å². The Balaban J connectivity index is 3.94. The average Bonchev–Trinajstić information content (AvgIpc) is 2.26. The molecule has 0 saturated carbocycles. The maximum atomic E-state index is 10.4. The van der Waals surface area contributed by atoms with E-state index in [9.17, 15) is 14.4 Å². The van der Waals surface area contributed by atoms with Gasteiger partial charge in [0.15, 0.2) is 0 Å². The molecule has 0 bridgehead atoms. The molecule has 6 nitrogen and oxygen atoms in total. The topological polar surface area (TPSA) is 112 Å². The van der Waals surface area contributed by atoms with E-state index in [2.05, 4.69) is 0 Å². The summed E-state index contributed by atoms with van der Waals surface area (Å²) >= 11 is -1.52. The van der Waals surface area contributed by atoms with Crippen LogP contribution in [0.4, 0.5) is 0 Å². The molecule has 0 aromatic heterocycles. The molecule has 0 saturated heterocycles. The predicted molar refractivity (Wildman–Crippen MR) is 79.9 cm³/mol. The van der Waals surface area contributed by atoms with Crippen molar-refractivity contribution in [3.8, 4) is 0 Å². The summed E-state index contributed by atoms with van der Waals surface area (Å²) in [7, 11) is 4.67. The Kier molecular flexibility index (Phi) is 11.8. The molecule has 10 heteroatoms. The van der Waals surface area contributed by atoms with E-state index in [4.69, 9.17) is 15.3 Å². The van der Waals surface area contributed by atoms with Crippen LogP contribution in [0, 0.1) is 0 Å². The third-order valence-corrected chi connectivity index (χ3v) is 20.6. The van der Waals surface area contributed by atoms with Crippen molar-refractivity contribution in [3.63, 3.8) is 0 Å². The standard InChI is InChI=1S/C9H15AsO6S3/c11-7(12)1-4-17-10(18-5-2-8(13)14)19-6-3-9(15)16/h1-6H2,(H,11,12)(H,13,14)(H,15,16). The van der Waals surface area contributed by atoms with Gasteiger partial charge in [-0.3, -0.25) is 0 Å². The van der Waals surface area contributed by atoms with Gasteiger partial charge in [-0.2, -0.15) is 0 Å². The van der Waals surface area contributed by atoms with Gasteiger partial charge in [-0.1, -0.05) is 0 Å². The average molecular weight is 390 g/mol. The van der Waals surface area contributed by atoms with Crippen molar-refractivity contribution in [2.75, 3.05) is 17.3 Å². The summed E-state index contributed by atoms with van der Waals surface area (Å²) < 4.78 is 0. The van der Waals surface area contributed by atoms with E-state index in [1.54, 1.807) is 30.1 Å². The molecular formula is C9H15AsO6S3. The molecule has 0 amide bonds. The molecule has 0 rings (SSSR count). The van der Waals surface area contributed by atoms with Crippen molar-refractivity contribution in [1.29, 1.82) is 0 Å². The normalized spacial score (nSPS) is 10.6. The first-order valence-electron chi connectivity index (χ1n) is 5.26. The molecule has 0 aliphatic rings. The zero-order chi connectivity index (χ0) is 14.7. The van der Waals surface area contributed by atoms with E-state index >= 15 is 0 Å². The van der Waals surface area contributed by atoms with Crippen molar-refractivity contribution in [2.45, 2.75) is 19.3 Å². The number of carboxylic acids is 3. The van der Waals surface area contributed by atoms with Gasteiger partial charge in [0.1, 0.15) is 0 Å². The Morgan fingerprint density at radius 2 is 0.947 bits per heavy atom. The number of hydrogen-bond acceptors (Lipinski definition) is 6. The molecule has 0 atom stereocenters. The summed E-state index contributed by atoms with van der Waals surface area (Å²) in [6.07, 6.45) is 0.235. The Labute approximate surface area is 125 Å². The van der Waals surface area contributed by atoms with E-state index in [-0.39, 0.29) is 19.3 Å². The van der Waals surface area contributed by atoms with Gasteiger partial charge in [0, 0.05) is 0 Å².